The van der Waals surface area contributed by atoms with Crippen LogP contribution in [0.1, 0.15) is 39.4 Å². The number of carbonyl (C=O) groups excluding carboxylic acids is 2. The standard InChI is InChI=1S/C27H26N4O2/c1-19-28-24-18-21(12-13-25(24)31(19)23-10-6-3-7-11-23)27(33)30-16-14-22(15-17-30)29-26(32)20-8-4-2-5-9-20/h2-13,18,22H,14-17H2,1H3,(H,29,32). The van der Waals surface area contributed by atoms with E-state index in [4.69, 9.17) is 4.98 Å². The fourth-order valence-electron chi connectivity index (χ4n) is 4.50. The maximum absolute atomic E-state index is 13.2. The molecular formula is C27H26N4O2. The minimum Gasteiger partial charge on any atom is -0.349 e. The Labute approximate surface area is 192 Å². The van der Waals surface area contributed by atoms with Crippen molar-refractivity contribution in [3.63, 3.8) is 0 Å². The first-order chi connectivity index (χ1) is 16.1. The molecular weight excluding hydrogens is 412 g/mol. The molecule has 1 N–H and O–H groups in total. The molecule has 0 spiro atoms. The van der Waals surface area contributed by atoms with E-state index in [0.29, 0.717) is 24.2 Å². The molecule has 3 aromatic carbocycles. The van der Waals surface area contributed by atoms with Gasteiger partial charge in [0.15, 0.2) is 0 Å². The normalized spacial score (nSPS) is 14.4. The Balaban J connectivity index is 1.26. The van der Waals surface area contributed by atoms with Gasteiger partial charge in [0.2, 0.25) is 0 Å². The topological polar surface area (TPSA) is 67.2 Å². The van der Waals surface area contributed by atoms with Crippen molar-refractivity contribution in [1.82, 2.24) is 19.8 Å². The van der Waals surface area contributed by atoms with Crippen LogP contribution in [-0.4, -0.2) is 45.4 Å². The van der Waals surface area contributed by atoms with Gasteiger partial charge < -0.3 is 10.2 Å². The molecule has 0 aliphatic carbocycles. The molecule has 0 bridgehead atoms. The van der Waals surface area contributed by atoms with Crippen LogP contribution in [0.2, 0.25) is 0 Å². The van der Waals surface area contributed by atoms with Gasteiger partial charge in [-0.1, -0.05) is 36.4 Å². The first kappa shape index (κ1) is 20.9. The zero-order valence-electron chi connectivity index (χ0n) is 18.6. The second-order valence-electron chi connectivity index (χ2n) is 8.44. The number of aryl methyl sites for hydroxylation is 1. The molecule has 1 aromatic heterocycles. The number of benzene rings is 3. The van der Waals surface area contributed by atoms with Crippen LogP contribution in [0.4, 0.5) is 0 Å². The molecule has 0 radical (unpaired) electrons. The number of imidazole rings is 1. The lowest BCUT2D eigenvalue weighted by atomic mass is 10.0. The fraction of sp³-hybridized carbons (Fsp3) is 0.222. The van der Waals surface area contributed by atoms with Crippen LogP contribution >= 0.6 is 0 Å². The predicted octanol–water partition coefficient (Wildman–Crippen LogP) is 4.37. The summed E-state index contributed by atoms with van der Waals surface area (Å²) in [5.41, 5.74) is 4.16. The van der Waals surface area contributed by atoms with E-state index in [1.165, 1.54) is 0 Å². The number of hydrogen-bond donors (Lipinski definition) is 1. The molecule has 0 atom stereocenters. The highest BCUT2D eigenvalue weighted by Crippen LogP contribution is 2.23. The zero-order valence-corrected chi connectivity index (χ0v) is 18.6. The molecule has 6 nitrogen and oxygen atoms in total. The lowest BCUT2D eigenvalue weighted by Gasteiger charge is -2.32. The number of carbonyl (C=O) groups is 2. The van der Waals surface area contributed by atoms with Crippen molar-refractivity contribution < 1.29 is 9.59 Å². The number of piperidine rings is 1. The Morgan fingerprint density at radius 2 is 1.55 bits per heavy atom. The molecule has 2 heterocycles. The summed E-state index contributed by atoms with van der Waals surface area (Å²) in [5.74, 6) is 0.836. The smallest absolute Gasteiger partial charge is 0.253 e. The highest BCUT2D eigenvalue weighted by Gasteiger charge is 2.25. The van der Waals surface area contributed by atoms with Crippen LogP contribution in [0.3, 0.4) is 0 Å². The highest BCUT2D eigenvalue weighted by atomic mass is 16.2. The Morgan fingerprint density at radius 1 is 0.879 bits per heavy atom. The van der Waals surface area contributed by atoms with Crippen molar-refractivity contribution in [3.8, 4) is 5.69 Å². The van der Waals surface area contributed by atoms with Crippen molar-refractivity contribution in [2.45, 2.75) is 25.8 Å². The third-order valence-corrected chi connectivity index (χ3v) is 6.24. The summed E-state index contributed by atoms with van der Waals surface area (Å²) < 4.78 is 2.10. The predicted molar refractivity (Wildman–Crippen MR) is 129 cm³/mol. The minimum atomic E-state index is -0.0600. The number of nitrogens with one attached hydrogen (secondary N) is 1. The van der Waals surface area contributed by atoms with Gasteiger partial charge in [0, 0.05) is 35.9 Å². The summed E-state index contributed by atoms with van der Waals surface area (Å²) in [7, 11) is 0. The first-order valence-corrected chi connectivity index (χ1v) is 11.3. The van der Waals surface area contributed by atoms with E-state index in [9.17, 15) is 9.59 Å². The number of para-hydroxylation sites is 1. The molecule has 33 heavy (non-hydrogen) atoms. The Bertz CT molecular complexity index is 1290. The van der Waals surface area contributed by atoms with Crippen molar-refractivity contribution in [2.24, 2.45) is 0 Å². The van der Waals surface area contributed by atoms with Gasteiger partial charge in [0.05, 0.1) is 11.0 Å². The van der Waals surface area contributed by atoms with Crippen LogP contribution in [-0.2, 0) is 0 Å². The SMILES string of the molecule is Cc1nc2cc(C(=O)N3CCC(NC(=O)c4ccccc4)CC3)ccc2n1-c1ccccc1. The summed E-state index contributed by atoms with van der Waals surface area (Å²) in [4.78, 5) is 32.1. The Kier molecular flexibility index (Phi) is 5.65. The number of amides is 2. The fourth-order valence-corrected chi connectivity index (χ4v) is 4.50. The van der Waals surface area contributed by atoms with Crippen LogP contribution in [0.25, 0.3) is 16.7 Å². The number of hydrogen-bond acceptors (Lipinski definition) is 3. The number of aromatic nitrogens is 2. The van der Waals surface area contributed by atoms with Crippen molar-refractivity contribution >= 4 is 22.8 Å². The van der Waals surface area contributed by atoms with Gasteiger partial charge in [-0.05, 0) is 62.2 Å². The maximum Gasteiger partial charge on any atom is 0.253 e. The van der Waals surface area contributed by atoms with Gasteiger partial charge >= 0.3 is 0 Å². The van der Waals surface area contributed by atoms with Crippen molar-refractivity contribution in [3.05, 3.63) is 95.8 Å². The number of nitrogens with zero attached hydrogens (tertiary/aromatic N) is 3. The van der Waals surface area contributed by atoms with E-state index < -0.39 is 0 Å². The molecule has 4 aromatic rings. The van der Waals surface area contributed by atoms with E-state index in [2.05, 4.69) is 9.88 Å². The highest BCUT2D eigenvalue weighted by molar-refractivity contribution is 5.98. The van der Waals surface area contributed by atoms with E-state index in [-0.39, 0.29) is 17.9 Å². The second kappa shape index (κ2) is 8.90. The third-order valence-electron chi connectivity index (χ3n) is 6.24. The molecule has 2 amide bonds. The average molecular weight is 439 g/mol. The van der Waals surface area contributed by atoms with E-state index in [0.717, 1.165) is 35.4 Å². The monoisotopic (exact) mass is 438 g/mol. The van der Waals surface area contributed by atoms with Gasteiger partial charge in [0.1, 0.15) is 5.82 Å². The minimum absolute atomic E-state index is 0.0108. The largest absolute Gasteiger partial charge is 0.349 e. The van der Waals surface area contributed by atoms with E-state index in [1.54, 1.807) is 0 Å². The lowest BCUT2D eigenvalue weighted by Crippen LogP contribution is -2.46. The molecule has 166 valence electrons. The Hall–Kier alpha value is -3.93. The van der Waals surface area contributed by atoms with Gasteiger partial charge in [-0.25, -0.2) is 4.98 Å². The maximum atomic E-state index is 13.2. The first-order valence-electron chi connectivity index (χ1n) is 11.3. The van der Waals surface area contributed by atoms with Crippen LogP contribution in [0, 0.1) is 6.92 Å². The molecule has 6 heteroatoms. The summed E-state index contributed by atoms with van der Waals surface area (Å²) in [5, 5.41) is 3.09. The van der Waals surface area contributed by atoms with Crippen molar-refractivity contribution in [2.75, 3.05) is 13.1 Å². The van der Waals surface area contributed by atoms with Crippen LogP contribution < -0.4 is 5.32 Å². The second-order valence-corrected chi connectivity index (χ2v) is 8.44. The number of rotatable bonds is 4. The van der Waals surface area contributed by atoms with Gasteiger partial charge in [-0.2, -0.15) is 0 Å². The third kappa shape index (κ3) is 4.24. The average Bonchev–Trinajstić information content (AvgIpc) is 3.20. The number of fused-ring (bicyclic) bond motifs is 1. The summed E-state index contributed by atoms with van der Waals surface area (Å²) in [6.45, 7) is 3.21. The molecule has 0 unspecified atom stereocenters. The molecule has 0 saturated carbocycles. The summed E-state index contributed by atoms with van der Waals surface area (Å²) in [6.07, 6.45) is 1.49. The molecule has 1 saturated heterocycles. The molecule has 1 aliphatic rings. The van der Waals surface area contributed by atoms with Gasteiger partial charge in [0.25, 0.3) is 11.8 Å². The number of likely N-dealkylation sites (tertiary alicyclic amines) is 1. The van der Waals surface area contributed by atoms with Gasteiger partial charge in [-0.3, -0.25) is 14.2 Å². The van der Waals surface area contributed by atoms with E-state index in [1.807, 2.05) is 90.7 Å². The van der Waals surface area contributed by atoms with E-state index >= 15 is 0 Å². The zero-order chi connectivity index (χ0) is 22.8. The van der Waals surface area contributed by atoms with Gasteiger partial charge in [-0.15, -0.1) is 0 Å². The Morgan fingerprint density at radius 3 is 2.24 bits per heavy atom. The quantitative estimate of drug-likeness (QED) is 0.515. The summed E-state index contributed by atoms with van der Waals surface area (Å²) in [6, 6.07) is 25.1. The lowest BCUT2D eigenvalue weighted by molar-refractivity contribution is 0.0698. The molecule has 5 rings (SSSR count). The molecule has 1 aliphatic heterocycles. The summed E-state index contributed by atoms with van der Waals surface area (Å²) >= 11 is 0. The van der Waals surface area contributed by atoms with Crippen LogP contribution in [0.5, 0.6) is 0 Å². The molecule has 1 fully saturated rings. The van der Waals surface area contributed by atoms with Crippen molar-refractivity contribution in [1.29, 1.82) is 0 Å². The van der Waals surface area contributed by atoms with Crippen LogP contribution in [0.15, 0.2) is 78.9 Å².